The zero-order chi connectivity index (χ0) is 11.8. The average Bonchev–Trinajstić information content (AvgIpc) is 2.25. The monoisotopic (exact) mass is 225 g/mol. The first-order valence-corrected chi connectivity index (χ1v) is 4.94. The number of aromatic hydroxyl groups is 1. The molecular formula is C11H15NO4. The molecule has 0 aliphatic heterocycles. The van der Waals surface area contributed by atoms with Crippen LogP contribution >= 0.6 is 0 Å². The number of rotatable bonds is 6. The number of hydrogen-bond acceptors (Lipinski definition) is 5. The molecule has 0 aromatic heterocycles. The molecule has 16 heavy (non-hydrogen) atoms. The Hall–Kier alpha value is -1.59. The molecule has 2 N–H and O–H groups in total. The lowest BCUT2D eigenvalue weighted by Crippen LogP contribution is -2.18. The van der Waals surface area contributed by atoms with Crippen molar-refractivity contribution in [3.05, 3.63) is 29.8 Å². The Morgan fingerprint density at radius 1 is 1.31 bits per heavy atom. The van der Waals surface area contributed by atoms with E-state index in [4.69, 9.17) is 9.94 Å². The lowest BCUT2D eigenvalue weighted by Gasteiger charge is -2.06. The van der Waals surface area contributed by atoms with Gasteiger partial charge in [0.05, 0.1) is 0 Å². The smallest absolute Gasteiger partial charge is 0.302 e. The molecule has 0 radical (unpaired) electrons. The van der Waals surface area contributed by atoms with Gasteiger partial charge in [-0.2, -0.15) is 5.48 Å². The Balaban J connectivity index is 2.07. The van der Waals surface area contributed by atoms with Crippen LogP contribution in [0.5, 0.6) is 5.75 Å². The quantitative estimate of drug-likeness (QED) is 0.429. The van der Waals surface area contributed by atoms with Crippen LogP contribution in [-0.2, 0) is 20.9 Å². The van der Waals surface area contributed by atoms with Gasteiger partial charge in [-0.1, -0.05) is 12.1 Å². The van der Waals surface area contributed by atoms with E-state index in [9.17, 15) is 4.79 Å². The molecule has 1 rings (SSSR count). The summed E-state index contributed by atoms with van der Waals surface area (Å²) >= 11 is 0. The molecule has 0 aliphatic rings. The highest BCUT2D eigenvalue weighted by Crippen LogP contribution is 2.08. The number of ether oxygens (including phenoxy) is 1. The molecular weight excluding hydrogens is 210 g/mol. The molecule has 1 aromatic rings. The van der Waals surface area contributed by atoms with Crippen LogP contribution < -0.4 is 5.48 Å². The summed E-state index contributed by atoms with van der Waals surface area (Å²) in [5, 5.41) is 9.05. The van der Waals surface area contributed by atoms with E-state index >= 15 is 0 Å². The lowest BCUT2D eigenvalue weighted by atomic mass is 10.2. The Morgan fingerprint density at radius 3 is 2.62 bits per heavy atom. The number of hydrogen-bond donors (Lipinski definition) is 2. The molecule has 0 heterocycles. The van der Waals surface area contributed by atoms with E-state index < -0.39 is 0 Å². The minimum absolute atomic E-state index is 0.234. The first-order valence-electron chi connectivity index (χ1n) is 4.94. The van der Waals surface area contributed by atoms with Gasteiger partial charge in [0.1, 0.15) is 19.0 Å². The molecule has 88 valence electrons. The average molecular weight is 225 g/mol. The summed E-state index contributed by atoms with van der Waals surface area (Å²) in [6, 6.07) is 6.79. The van der Waals surface area contributed by atoms with E-state index in [0.717, 1.165) is 5.56 Å². The van der Waals surface area contributed by atoms with Crippen molar-refractivity contribution in [1.82, 2.24) is 5.48 Å². The number of esters is 1. The van der Waals surface area contributed by atoms with Gasteiger partial charge in [0.15, 0.2) is 0 Å². The largest absolute Gasteiger partial charge is 0.508 e. The number of hydroxylamine groups is 1. The maximum absolute atomic E-state index is 10.4. The third-order valence-electron chi connectivity index (χ3n) is 1.81. The Kier molecular flexibility index (Phi) is 5.31. The summed E-state index contributed by atoms with van der Waals surface area (Å²) in [5.41, 5.74) is 3.71. The molecule has 0 unspecified atom stereocenters. The van der Waals surface area contributed by atoms with Crippen LogP contribution in [0.2, 0.25) is 0 Å². The van der Waals surface area contributed by atoms with Gasteiger partial charge < -0.3 is 9.84 Å². The predicted molar refractivity (Wildman–Crippen MR) is 57.5 cm³/mol. The Bertz CT molecular complexity index is 323. The second-order valence-corrected chi connectivity index (χ2v) is 3.18. The summed E-state index contributed by atoms with van der Waals surface area (Å²) in [7, 11) is 0. The molecule has 0 atom stereocenters. The number of carbonyl (C=O) groups is 1. The minimum atomic E-state index is -0.317. The van der Waals surface area contributed by atoms with E-state index in [1.165, 1.54) is 6.92 Å². The van der Waals surface area contributed by atoms with Crippen molar-refractivity contribution in [3.8, 4) is 5.75 Å². The standard InChI is InChI=1S/C11H15NO4/c1-9(13)15-6-7-16-12-8-10-2-4-11(14)5-3-10/h2-5,12,14H,6-8H2,1H3. The summed E-state index contributed by atoms with van der Waals surface area (Å²) in [6.45, 7) is 2.42. The van der Waals surface area contributed by atoms with Crippen molar-refractivity contribution < 1.29 is 19.5 Å². The molecule has 0 aliphatic carbocycles. The second kappa shape index (κ2) is 6.81. The Morgan fingerprint density at radius 2 is 2.00 bits per heavy atom. The fourth-order valence-corrected chi connectivity index (χ4v) is 1.05. The van der Waals surface area contributed by atoms with Crippen LogP contribution in [0.3, 0.4) is 0 Å². The lowest BCUT2D eigenvalue weighted by molar-refractivity contribution is -0.143. The van der Waals surface area contributed by atoms with Gasteiger partial charge in [0.25, 0.3) is 0 Å². The van der Waals surface area contributed by atoms with Crippen molar-refractivity contribution in [1.29, 1.82) is 0 Å². The van der Waals surface area contributed by atoms with Gasteiger partial charge in [-0.25, -0.2) is 0 Å². The molecule has 0 saturated carbocycles. The predicted octanol–water partition coefficient (Wildman–Crippen LogP) is 0.976. The third kappa shape index (κ3) is 5.33. The van der Waals surface area contributed by atoms with E-state index in [0.29, 0.717) is 13.2 Å². The number of benzene rings is 1. The van der Waals surface area contributed by atoms with Gasteiger partial charge >= 0.3 is 5.97 Å². The fourth-order valence-electron chi connectivity index (χ4n) is 1.05. The van der Waals surface area contributed by atoms with Crippen molar-refractivity contribution in [2.75, 3.05) is 13.2 Å². The van der Waals surface area contributed by atoms with Crippen molar-refractivity contribution in [2.45, 2.75) is 13.5 Å². The van der Waals surface area contributed by atoms with Gasteiger partial charge in [0, 0.05) is 13.5 Å². The highest BCUT2D eigenvalue weighted by atomic mass is 16.7. The maximum Gasteiger partial charge on any atom is 0.302 e. The summed E-state index contributed by atoms with van der Waals surface area (Å²) in [4.78, 5) is 15.4. The number of phenolic OH excluding ortho intramolecular Hbond substituents is 1. The van der Waals surface area contributed by atoms with Crippen LogP contribution in [0.4, 0.5) is 0 Å². The van der Waals surface area contributed by atoms with Gasteiger partial charge in [0.2, 0.25) is 0 Å². The molecule has 0 fully saturated rings. The van der Waals surface area contributed by atoms with E-state index in [-0.39, 0.29) is 18.3 Å². The molecule has 0 bridgehead atoms. The first-order chi connectivity index (χ1) is 7.68. The van der Waals surface area contributed by atoms with Crippen molar-refractivity contribution in [2.24, 2.45) is 0 Å². The fraction of sp³-hybridized carbons (Fsp3) is 0.364. The van der Waals surface area contributed by atoms with E-state index in [1.807, 2.05) is 0 Å². The Labute approximate surface area is 93.9 Å². The number of phenols is 1. The van der Waals surface area contributed by atoms with E-state index in [2.05, 4.69) is 10.2 Å². The molecule has 0 spiro atoms. The van der Waals surface area contributed by atoms with Crippen LogP contribution in [0.1, 0.15) is 12.5 Å². The van der Waals surface area contributed by atoms with Crippen molar-refractivity contribution in [3.63, 3.8) is 0 Å². The van der Waals surface area contributed by atoms with Crippen LogP contribution in [0.25, 0.3) is 0 Å². The molecule has 1 aromatic carbocycles. The van der Waals surface area contributed by atoms with Crippen LogP contribution in [0.15, 0.2) is 24.3 Å². The topological polar surface area (TPSA) is 67.8 Å². The zero-order valence-corrected chi connectivity index (χ0v) is 9.10. The highest BCUT2D eigenvalue weighted by Gasteiger charge is 1.94. The number of carbonyl (C=O) groups excluding carboxylic acids is 1. The second-order valence-electron chi connectivity index (χ2n) is 3.18. The number of nitrogens with one attached hydrogen (secondary N) is 1. The third-order valence-corrected chi connectivity index (χ3v) is 1.81. The van der Waals surface area contributed by atoms with Gasteiger partial charge in [-0.15, -0.1) is 0 Å². The molecule has 5 nitrogen and oxygen atoms in total. The van der Waals surface area contributed by atoms with E-state index in [1.54, 1.807) is 24.3 Å². The highest BCUT2D eigenvalue weighted by molar-refractivity contribution is 5.65. The molecule has 5 heteroatoms. The van der Waals surface area contributed by atoms with Gasteiger partial charge in [-0.3, -0.25) is 9.63 Å². The van der Waals surface area contributed by atoms with Gasteiger partial charge in [-0.05, 0) is 17.7 Å². The molecule has 0 saturated heterocycles. The maximum atomic E-state index is 10.4. The SMILES string of the molecule is CC(=O)OCCONCc1ccc(O)cc1. The zero-order valence-electron chi connectivity index (χ0n) is 9.10. The summed E-state index contributed by atoms with van der Waals surface area (Å²) in [5.74, 6) is -0.0818. The normalized spacial score (nSPS) is 10.1. The summed E-state index contributed by atoms with van der Waals surface area (Å²) in [6.07, 6.45) is 0. The van der Waals surface area contributed by atoms with Crippen LogP contribution in [-0.4, -0.2) is 24.3 Å². The summed E-state index contributed by atoms with van der Waals surface area (Å²) < 4.78 is 4.67. The molecule has 0 amide bonds. The van der Waals surface area contributed by atoms with Crippen LogP contribution in [0, 0.1) is 0 Å². The minimum Gasteiger partial charge on any atom is -0.508 e. The van der Waals surface area contributed by atoms with Crippen molar-refractivity contribution >= 4 is 5.97 Å². The first kappa shape index (κ1) is 12.5.